The number of aromatic amines is 1. The lowest BCUT2D eigenvalue weighted by atomic mass is 10.1. The van der Waals surface area contributed by atoms with Gasteiger partial charge < -0.3 is 4.98 Å². The average Bonchev–Trinajstić information content (AvgIpc) is 2.24. The number of hydrogen-bond acceptors (Lipinski definition) is 2. The number of fused-ring (bicyclic) bond motifs is 1. The first-order valence-electron chi connectivity index (χ1n) is 5.89. The molecule has 0 aliphatic carbocycles. The van der Waals surface area contributed by atoms with Gasteiger partial charge in [-0.3, -0.25) is 9.36 Å². The van der Waals surface area contributed by atoms with Crippen molar-refractivity contribution in [1.29, 1.82) is 0 Å². The third-order valence-electron chi connectivity index (χ3n) is 2.90. The van der Waals surface area contributed by atoms with Crippen molar-refractivity contribution in [3.05, 3.63) is 44.6 Å². The molecule has 0 unspecified atom stereocenters. The van der Waals surface area contributed by atoms with E-state index in [1.807, 2.05) is 0 Å². The van der Waals surface area contributed by atoms with Gasteiger partial charge in [0.05, 0.1) is 16.5 Å². The Labute approximate surface area is 111 Å². The predicted octanol–water partition coefficient (Wildman–Crippen LogP) is 2.46. The zero-order valence-electron chi connectivity index (χ0n) is 11.1. The van der Waals surface area contributed by atoms with Gasteiger partial charge in [-0.2, -0.15) is 13.2 Å². The van der Waals surface area contributed by atoms with Crippen LogP contribution >= 0.6 is 0 Å². The average molecular weight is 286 g/mol. The Morgan fingerprint density at radius 3 is 2.20 bits per heavy atom. The molecule has 0 radical (unpaired) electrons. The molecule has 20 heavy (non-hydrogen) atoms. The molecule has 0 amide bonds. The number of rotatable bonds is 0. The van der Waals surface area contributed by atoms with Crippen LogP contribution in [-0.2, 0) is 11.7 Å². The van der Waals surface area contributed by atoms with E-state index in [1.165, 1.54) is 6.07 Å². The van der Waals surface area contributed by atoms with Gasteiger partial charge in [-0.1, -0.05) is 6.07 Å². The van der Waals surface area contributed by atoms with Gasteiger partial charge in [0, 0.05) is 5.54 Å². The standard InChI is InChI=1S/C13H13F3N2O2/c1-12(2,3)18-10(19)9-7(13(14,15)16)5-4-6-8(9)17-11(18)20/h4-6H,1-3H3,(H,17,20). The molecule has 0 spiro atoms. The normalized spacial score (nSPS) is 12.9. The molecule has 0 bridgehead atoms. The summed E-state index contributed by atoms with van der Waals surface area (Å²) in [6.07, 6.45) is -4.66. The highest BCUT2D eigenvalue weighted by molar-refractivity contribution is 5.81. The van der Waals surface area contributed by atoms with E-state index in [2.05, 4.69) is 4.98 Å². The summed E-state index contributed by atoms with van der Waals surface area (Å²) in [7, 11) is 0. The van der Waals surface area contributed by atoms with Crippen LogP contribution in [0.3, 0.4) is 0 Å². The van der Waals surface area contributed by atoms with Gasteiger partial charge in [-0.05, 0) is 32.9 Å². The van der Waals surface area contributed by atoms with Gasteiger partial charge in [0.25, 0.3) is 5.56 Å². The van der Waals surface area contributed by atoms with Crippen molar-refractivity contribution in [1.82, 2.24) is 9.55 Å². The van der Waals surface area contributed by atoms with E-state index in [-0.39, 0.29) is 5.52 Å². The van der Waals surface area contributed by atoms with Crippen LogP contribution in [0, 0.1) is 0 Å². The van der Waals surface area contributed by atoms with Crippen LogP contribution in [0.15, 0.2) is 27.8 Å². The van der Waals surface area contributed by atoms with Gasteiger partial charge in [-0.15, -0.1) is 0 Å². The summed E-state index contributed by atoms with van der Waals surface area (Å²) in [5.74, 6) is 0. The molecule has 0 fully saturated rings. The molecular weight excluding hydrogens is 273 g/mol. The Kier molecular flexibility index (Phi) is 3.03. The van der Waals surface area contributed by atoms with Gasteiger partial charge in [0.2, 0.25) is 0 Å². The minimum atomic E-state index is -4.66. The molecule has 2 rings (SSSR count). The van der Waals surface area contributed by atoms with Crippen LogP contribution in [0.4, 0.5) is 13.2 Å². The smallest absolute Gasteiger partial charge is 0.307 e. The number of benzene rings is 1. The molecular formula is C13H13F3N2O2. The quantitative estimate of drug-likeness (QED) is 0.808. The largest absolute Gasteiger partial charge is 0.417 e. The maximum Gasteiger partial charge on any atom is 0.417 e. The second-order valence-electron chi connectivity index (χ2n) is 5.47. The Balaban J connectivity index is 3.05. The van der Waals surface area contributed by atoms with Crippen molar-refractivity contribution in [2.45, 2.75) is 32.5 Å². The Morgan fingerprint density at radius 2 is 1.70 bits per heavy atom. The highest BCUT2D eigenvalue weighted by Gasteiger charge is 2.34. The van der Waals surface area contributed by atoms with Crippen LogP contribution in [0.2, 0.25) is 0 Å². The Morgan fingerprint density at radius 1 is 1.10 bits per heavy atom. The van der Waals surface area contributed by atoms with E-state index in [9.17, 15) is 22.8 Å². The molecule has 108 valence electrons. The van der Waals surface area contributed by atoms with Crippen molar-refractivity contribution in [3.63, 3.8) is 0 Å². The molecule has 2 aromatic rings. The molecule has 1 heterocycles. The number of hydrogen-bond donors (Lipinski definition) is 1. The summed E-state index contributed by atoms with van der Waals surface area (Å²) >= 11 is 0. The van der Waals surface area contributed by atoms with Crippen molar-refractivity contribution >= 4 is 10.9 Å². The second kappa shape index (κ2) is 4.22. The van der Waals surface area contributed by atoms with Crippen LogP contribution in [-0.4, -0.2) is 9.55 Å². The molecule has 1 aromatic carbocycles. The molecule has 0 aliphatic rings. The summed E-state index contributed by atoms with van der Waals surface area (Å²) in [5.41, 5.74) is -3.75. The summed E-state index contributed by atoms with van der Waals surface area (Å²) in [5, 5.41) is -0.519. The lowest BCUT2D eigenvalue weighted by Gasteiger charge is -2.22. The molecule has 1 aromatic heterocycles. The predicted molar refractivity (Wildman–Crippen MR) is 68.8 cm³/mol. The fourth-order valence-corrected chi connectivity index (χ4v) is 2.11. The molecule has 4 nitrogen and oxygen atoms in total. The topological polar surface area (TPSA) is 54.9 Å². The first-order valence-corrected chi connectivity index (χ1v) is 5.89. The van der Waals surface area contributed by atoms with Gasteiger partial charge in [-0.25, -0.2) is 4.79 Å². The van der Waals surface area contributed by atoms with Gasteiger partial charge >= 0.3 is 11.9 Å². The van der Waals surface area contributed by atoms with Crippen molar-refractivity contribution in [2.75, 3.05) is 0 Å². The van der Waals surface area contributed by atoms with Gasteiger partial charge in [0.1, 0.15) is 0 Å². The molecule has 0 saturated heterocycles. The van der Waals surface area contributed by atoms with E-state index in [1.54, 1.807) is 20.8 Å². The summed E-state index contributed by atoms with van der Waals surface area (Å²) < 4.78 is 39.8. The van der Waals surface area contributed by atoms with E-state index < -0.39 is 33.9 Å². The molecule has 0 aliphatic heterocycles. The highest BCUT2D eigenvalue weighted by Crippen LogP contribution is 2.32. The maximum absolute atomic E-state index is 13.0. The lowest BCUT2D eigenvalue weighted by molar-refractivity contribution is -0.136. The number of H-pyrrole nitrogens is 1. The van der Waals surface area contributed by atoms with Crippen molar-refractivity contribution in [2.24, 2.45) is 0 Å². The summed E-state index contributed by atoms with van der Waals surface area (Å²) in [6.45, 7) is 4.73. The first kappa shape index (κ1) is 14.4. The number of halogens is 3. The first-order chi connectivity index (χ1) is 9.03. The molecule has 0 atom stereocenters. The summed E-state index contributed by atoms with van der Waals surface area (Å²) in [6, 6.07) is 3.26. The SMILES string of the molecule is CC(C)(C)n1c(=O)[nH]c2cccc(C(F)(F)F)c2c1=O. The Hall–Kier alpha value is -2.05. The zero-order chi connectivity index (χ0) is 15.3. The fraction of sp³-hybridized carbons (Fsp3) is 0.385. The second-order valence-corrected chi connectivity index (χ2v) is 5.47. The summed E-state index contributed by atoms with van der Waals surface area (Å²) in [4.78, 5) is 26.5. The number of nitrogens with zero attached hydrogens (tertiary/aromatic N) is 1. The van der Waals surface area contributed by atoms with E-state index in [4.69, 9.17) is 0 Å². The highest BCUT2D eigenvalue weighted by atomic mass is 19.4. The molecule has 1 N–H and O–H groups in total. The van der Waals surface area contributed by atoms with Crippen LogP contribution in [0.25, 0.3) is 10.9 Å². The minimum absolute atomic E-state index is 0.115. The van der Waals surface area contributed by atoms with E-state index >= 15 is 0 Å². The van der Waals surface area contributed by atoms with Crippen molar-refractivity contribution in [3.8, 4) is 0 Å². The molecule has 7 heteroatoms. The van der Waals surface area contributed by atoms with Crippen LogP contribution < -0.4 is 11.2 Å². The zero-order valence-corrected chi connectivity index (χ0v) is 11.1. The van der Waals surface area contributed by atoms with Crippen LogP contribution in [0.1, 0.15) is 26.3 Å². The molecule has 0 saturated carbocycles. The fourth-order valence-electron chi connectivity index (χ4n) is 2.11. The number of alkyl halides is 3. The minimum Gasteiger partial charge on any atom is -0.307 e. The number of aromatic nitrogens is 2. The van der Waals surface area contributed by atoms with E-state index in [0.29, 0.717) is 0 Å². The van der Waals surface area contributed by atoms with Gasteiger partial charge in [0.15, 0.2) is 0 Å². The van der Waals surface area contributed by atoms with Crippen LogP contribution in [0.5, 0.6) is 0 Å². The lowest BCUT2D eigenvalue weighted by Crippen LogP contribution is -2.45. The van der Waals surface area contributed by atoms with Crippen molar-refractivity contribution < 1.29 is 13.2 Å². The maximum atomic E-state index is 13.0. The third-order valence-corrected chi connectivity index (χ3v) is 2.90. The monoisotopic (exact) mass is 286 g/mol. The van der Waals surface area contributed by atoms with E-state index in [0.717, 1.165) is 16.7 Å². The Bertz CT molecular complexity index is 779. The third kappa shape index (κ3) is 2.23. The number of nitrogens with one attached hydrogen (secondary N) is 1.